The van der Waals surface area contributed by atoms with E-state index in [1.807, 2.05) is 6.07 Å². The number of fused-ring (bicyclic) bond motifs is 1. The lowest BCUT2D eigenvalue weighted by atomic mass is 10.1. The Balaban J connectivity index is 1.49. The molecule has 0 bridgehead atoms. The summed E-state index contributed by atoms with van der Waals surface area (Å²) < 4.78 is 21.4. The smallest absolute Gasteiger partial charge is 0.157 e. The molecule has 28 heavy (non-hydrogen) atoms. The van der Waals surface area contributed by atoms with E-state index in [4.69, 9.17) is 9.84 Å². The molecular weight excluding hydrogens is 361 g/mol. The summed E-state index contributed by atoms with van der Waals surface area (Å²) in [4.78, 5) is 13.4. The van der Waals surface area contributed by atoms with Gasteiger partial charge in [0.05, 0.1) is 31.7 Å². The predicted molar refractivity (Wildman–Crippen MR) is 102 cm³/mol. The number of rotatable bonds is 5. The highest BCUT2D eigenvalue weighted by Crippen LogP contribution is 2.43. The van der Waals surface area contributed by atoms with E-state index in [2.05, 4.69) is 25.6 Å². The van der Waals surface area contributed by atoms with Crippen molar-refractivity contribution in [2.45, 2.75) is 37.4 Å². The molecule has 1 saturated heterocycles. The number of imidazole rings is 1. The Morgan fingerprint density at radius 1 is 1.25 bits per heavy atom. The molecule has 8 nitrogen and oxygen atoms in total. The average Bonchev–Trinajstić information content (AvgIpc) is 3.48. The van der Waals surface area contributed by atoms with E-state index in [-0.39, 0.29) is 6.04 Å². The summed E-state index contributed by atoms with van der Waals surface area (Å²) in [5.74, 6) is 1.75. The second-order valence-corrected chi connectivity index (χ2v) is 7.33. The number of halogens is 1. The van der Waals surface area contributed by atoms with Gasteiger partial charge in [-0.25, -0.2) is 18.9 Å². The summed E-state index contributed by atoms with van der Waals surface area (Å²) >= 11 is 0. The van der Waals surface area contributed by atoms with Crippen LogP contribution in [0.4, 0.5) is 10.2 Å². The second kappa shape index (κ2) is 6.97. The lowest BCUT2D eigenvalue weighted by Gasteiger charge is -2.27. The van der Waals surface area contributed by atoms with Crippen LogP contribution in [0, 0.1) is 0 Å². The van der Waals surface area contributed by atoms with Gasteiger partial charge in [0, 0.05) is 18.5 Å². The van der Waals surface area contributed by atoms with Gasteiger partial charge in [0.1, 0.15) is 34.8 Å². The zero-order valence-corrected chi connectivity index (χ0v) is 15.6. The fraction of sp³-hybridized carbons (Fsp3) is 0.474. The Kier molecular flexibility index (Phi) is 4.31. The molecular formula is C19H22FN7O. The summed E-state index contributed by atoms with van der Waals surface area (Å²) in [6.07, 6.45) is 6.84. The van der Waals surface area contributed by atoms with E-state index < -0.39 is 6.17 Å². The van der Waals surface area contributed by atoms with Gasteiger partial charge in [0.15, 0.2) is 5.65 Å². The predicted octanol–water partition coefficient (Wildman–Crippen LogP) is 2.18. The van der Waals surface area contributed by atoms with E-state index in [0.717, 1.165) is 30.0 Å². The first-order valence-corrected chi connectivity index (χ1v) is 9.59. The molecule has 1 aliphatic heterocycles. The Morgan fingerprint density at radius 3 is 2.93 bits per heavy atom. The van der Waals surface area contributed by atoms with Gasteiger partial charge in [-0.15, -0.1) is 0 Å². The number of piperidine rings is 1. The van der Waals surface area contributed by atoms with Crippen molar-refractivity contribution in [2.75, 3.05) is 25.5 Å². The van der Waals surface area contributed by atoms with Crippen LogP contribution in [0.2, 0.25) is 0 Å². The Bertz CT molecular complexity index is 1000. The topological polar surface area (TPSA) is 89.3 Å². The third kappa shape index (κ3) is 3.15. The summed E-state index contributed by atoms with van der Waals surface area (Å²) in [5.41, 5.74) is 3.02. The first kappa shape index (κ1) is 17.3. The van der Waals surface area contributed by atoms with Crippen LogP contribution >= 0.6 is 0 Å². The van der Waals surface area contributed by atoms with E-state index in [0.29, 0.717) is 42.6 Å². The molecule has 5 rings (SSSR count). The normalized spacial score (nSPS) is 22.4. The molecule has 0 radical (unpaired) electrons. The van der Waals surface area contributed by atoms with Gasteiger partial charge in [0.2, 0.25) is 0 Å². The molecule has 2 unspecified atom stereocenters. The van der Waals surface area contributed by atoms with Gasteiger partial charge >= 0.3 is 0 Å². The number of ether oxygens (including phenoxy) is 1. The molecule has 0 amide bonds. The van der Waals surface area contributed by atoms with Crippen molar-refractivity contribution in [2.24, 2.45) is 0 Å². The number of hydrogen-bond acceptors (Lipinski definition) is 7. The molecule has 4 heterocycles. The first-order valence-electron chi connectivity index (χ1n) is 9.59. The number of alkyl halides is 1. The van der Waals surface area contributed by atoms with Crippen LogP contribution in [0.1, 0.15) is 30.9 Å². The van der Waals surface area contributed by atoms with Crippen molar-refractivity contribution in [1.29, 1.82) is 0 Å². The molecule has 3 aromatic heterocycles. The quantitative estimate of drug-likeness (QED) is 0.698. The number of nitrogens with zero attached hydrogens (tertiary/aromatic N) is 5. The fourth-order valence-electron chi connectivity index (χ4n) is 3.61. The van der Waals surface area contributed by atoms with E-state index in [9.17, 15) is 4.39 Å². The Labute approximate surface area is 161 Å². The van der Waals surface area contributed by atoms with Crippen molar-refractivity contribution < 1.29 is 9.13 Å². The van der Waals surface area contributed by atoms with Crippen molar-refractivity contribution in [1.82, 2.24) is 29.9 Å². The molecule has 146 valence electrons. The molecule has 2 atom stereocenters. The number of anilines is 1. The molecule has 9 heteroatoms. The third-order valence-electron chi connectivity index (χ3n) is 5.30. The number of nitrogens with one attached hydrogen (secondary N) is 2. The minimum atomic E-state index is -0.905. The zero-order valence-electron chi connectivity index (χ0n) is 15.6. The molecule has 1 saturated carbocycles. The lowest BCUT2D eigenvalue weighted by molar-refractivity contribution is 0.241. The van der Waals surface area contributed by atoms with Crippen molar-refractivity contribution >= 4 is 11.5 Å². The van der Waals surface area contributed by atoms with Crippen LogP contribution in [0.15, 0.2) is 24.7 Å². The largest absolute Gasteiger partial charge is 0.495 e. The zero-order chi connectivity index (χ0) is 19.1. The Morgan fingerprint density at radius 2 is 2.14 bits per heavy atom. The highest BCUT2D eigenvalue weighted by Gasteiger charge is 2.30. The third-order valence-corrected chi connectivity index (χ3v) is 5.30. The number of hydrogen-bond donors (Lipinski definition) is 2. The fourth-order valence-corrected chi connectivity index (χ4v) is 3.61. The maximum atomic E-state index is 14.1. The molecule has 0 spiro atoms. The van der Waals surface area contributed by atoms with Gasteiger partial charge < -0.3 is 15.4 Å². The summed E-state index contributed by atoms with van der Waals surface area (Å²) in [5, 5.41) is 11.1. The standard InChI is InChI=1S/C19H22FN7O/c1-28-16-6-18-23-9-15(27(18)26-19(16)11-2-3-11)14-8-22-10-17(25-14)24-13-7-21-5-4-12(13)20/h6,8-13,21H,2-5,7H2,1H3,(H,24,25). The average molecular weight is 383 g/mol. The van der Waals surface area contributed by atoms with Crippen LogP contribution in [-0.2, 0) is 0 Å². The molecule has 0 aromatic carbocycles. The van der Waals surface area contributed by atoms with E-state index >= 15 is 0 Å². The van der Waals surface area contributed by atoms with Crippen LogP contribution in [0.5, 0.6) is 5.75 Å². The van der Waals surface area contributed by atoms with Gasteiger partial charge in [-0.2, -0.15) is 5.10 Å². The molecule has 2 aliphatic rings. The van der Waals surface area contributed by atoms with Crippen LogP contribution in [0.3, 0.4) is 0 Å². The number of aromatic nitrogens is 5. The maximum Gasteiger partial charge on any atom is 0.157 e. The van der Waals surface area contributed by atoms with Crippen LogP contribution in [0.25, 0.3) is 17.0 Å². The van der Waals surface area contributed by atoms with Gasteiger partial charge in [-0.3, -0.25) is 4.98 Å². The van der Waals surface area contributed by atoms with Crippen LogP contribution in [-0.4, -0.2) is 57.0 Å². The van der Waals surface area contributed by atoms with Crippen molar-refractivity contribution in [3.63, 3.8) is 0 Å². The number of methoxy groups -OCH3 is 1. The summed E-state index contributed by atoms with van der Waals surface area (Å²) in [7, 11) is 1.65. The Hall–Kier alpha value is -2.81. The lowest BCUT2D eigenvalue weighted by Crippen LogP contribution is -2.46. The molecule has 3 aromatic rings. The van der Waals surface area contributed by atoms with Crippen LogP contribution < -0.4 is 15.4 Å². The first-order chi connectivity index (χ1) is 13.7. The van der Waals surface area contributed by atoms with Gasteiger partial charge in [-0.1, -0.05) is 0 Å². The minimum absolute atomic E-state index is 0.315. The summed E-state index contributed by atoms with van der Waals surface area (Å²) in [6.45, 7) is 1.26. The van der Waals surface area contributed by atoms with Gasteiger partial charge in [0.25, 0.3) is 0 Å². The highest BCUT2D eigenvalue weighted by atomic mass is 19.1. The van der Waals surface area contributed by atoms with Gasteiger partial charge in [-0.05, 0) is 25.8 Å². The monoisotopic (exact) mass is 383 g/mol. The maximum absolute atomic E-state index is 14.1. The molecule has 2 N–H and O–H groups in total. The van der Waals surface area contributed by atoms with Crippen molar-refractivity contribution in [3.8, 4) is 17.1 Å². The van der Waals surface area contributed by atoms with Crippen molar-refractivity contribution in [3.05, 3.63) is 30.4 Å². The van der Waals surface area contributed by atoms with E-state index in [1.165, 1.54) is 0 Å². The molecule has 2 fully saturated rings. The molecule has 1 aliphatic carbocycles. The second-order valence-electron chi connectivity index (χ2n) is 7.33. The van der Waals surface area contributed by atoms with E-state index in [1.54, 1.807) is 30.2 Å². The summed E-state index contributed by atoms with van der Waals surface area (Å²) in [6, 6.07) is 1.59. The highest BCUT2D eigenvalue weighted by molar-refractivity contribution is 5.61. The minimum Gasteiger partial charge on any atom is -0.495 e. The SMILES string of the molecule is COc1cc2ncc(-c3cncc(NC4CNCCC4F)n3)n2nc1C1CC1.